The first-order valence-electron chi connectivity index (χ1n) is 6.82. The quantitative estimate of drug-likeness (QED) is 0.617. The predicted molar refractivity (Wildman–Crippen MR) is 71.0 cm³/mol. The monoisotopic (exact) mass is 393 g/mol. The molecule has 0 amide bonds. The number of alkyl halides is 9. The molecule has 0 aliphatic carbocycles. The van der Waals surface area contributed by atoms with E-state index >= 15 is 0 Å². The smallest absolute Gasteiger partial charge is 0.374 e. The summed E-state index contributed by atoms with van der Waals surface area (Å²) in [7, 11) is 0.800. The molecule has 1 aromatic carbocycles. The number of hydrogen-bond donors (Lipinski definition) is 0. The van der Waals surface area contributed by atoms with Gasteiger partial charge in [-0.1, -0.05) is 12.1 Å². The summed E-state index contributed by atoms with van der Waals surface area (Å²) in [6.07, 6.45) is -9.04. The van der Waals surface area contributed by atoms with Crippen LogP contribution in [0.15, 0.2) is 24.3 Å². The molecule has 146 valence electrons. The van der Waals surface area contributed by atoms with Crippen molar-refractivity contribution in [3.05, 3.63) is 35.4 Å². The molecule has 1 unspecified atom stereocenters. The lowest BCUT2D eigenvalue weighted by atomic mass is 9.85. The van der Waals surface area contributed by atoms with Crippen LogP contribution in [0.5, 0.6) is 0 Å². The first-order chi connectivity index (χ1) is 11.6. The van der Waals surface area contributed by atoms with Crippen LogP contribution in [0.4, 0.5) is 39.5 Å². The largest absolute Gasteiger partial charge is 0.460 e. The third-order valence-electron chi connectivity index (χ3n) is 3.84. The standard InChI is InChI=1S/C15H12F9NO/c1-11(26-2,10-5-3-9(7-25)4-6-10)8-12(16,17)13(18,19)14(20,21)15(22,23)24/h3-6H,8H2,1-2H3. The minimum Gasteiger partial charge on any atom is -0.374 e. The Labute approximate surface area is 142 Å². The lowest BCUT2D eigenvalue weighted by Gasteiger charge is -2.38. The van der Waals surface area contributed by atoms with Crippen LogP contribution in [0.3, 0.4) is 0 Å². The normalized spacial score (nSPS) is 16.1. The van der Waals surface area contributed by atoms with Crippen LogP contribution in [-0.4, -0.2) is 31.1 Å². The second kappa shape index (κ2) is 6.64. The molecule has 0 fully saturated rings. The highest BCUT2D eigenvalue weighted by Crippen LogP contribution is 2.56. The summed E-state index contributed by atoms with van der Waals surface area (Å²) < 4.78 is 122. The van der Waals surface area contributed by atoms with Gasteiger partial charge in [-0.15, -0.1) is 0 Å². The molecular weight excluding hydrogens is 381 g/mol. The van der Waals surface area contributed by atoms with Crippen LogP contribution in [-0.2, 0) is 10.3 Å². The molecule has 1 atom stereocenters. The fourth-order valence-electron chi connectivity index (χ4n) is 2.13. The summed E-state index contributed by atoms with van der Waals surface area (Å²) in [6, 6.07) is 6.02. The van der Waals surface area contributed by atoms with Gasteiger partial charge in [0.05, 0.1) is 23.7 Å². The summed E-state index contributed by atoms with van der Waals surface area (Å²) in [4.78, 5) is 0. The van der Waals surface area contributed by atoms with E-state index in [2.05, 4.69) is 0 Å². The van der Waals surface area contributed by atoms with Crippen LogP contribution >= 0.6 is 0 Å². The summed E-state index contributed by atoms with van der Waals surface area (Å²) in [6.45, 7) is 0.824. The Morgan fingerprint density at radius 2 is 1.35 bits per heavy atom. The number of hydrogen-bond acceptors (Lipinski definition) is 2. The molecule has 0 aliphatic rings. The predicted octanol–water partition coefficient (Wildman–Crippen LogP) is 5.28. The van der Waals surface area contributed by atoms with Gasteiger partial charge in [0.15, 0.2) is 0 Å². The average molecular weight is 393 g/mol. The van der Waals surface area contributed by atoms with Gasteiger partial charge in [0.25, 0.3) is 0 Å². The number of ether oxygens (including phenoxy) is 1. The van der Waals surface area contributed by atoms with E-state index in [1.54, 1.807) is 6.07 Å². The third kappa shape index (κ3) is 3.60. The third-order valence-corrected chi connectivity index (χ3v) is 3.84. The average Bonchev–Trinajstić information content (AvgIpc) is 2.53. The molecule has 0 heterocycles. The molecule has 0 spiro atoms. The van der Waals surface area contributed by atoms with Gasteiger partial charge in [-0.05, 0) is 24.6 Å². The van der Waals surface area contributed by atoms with E-state index in [9.17, 15) is 39.5 Å². The Hall–Kier alpha value is -1.96. The van der Waals surface area contributed by atoms with Crippen LogP contribution in [0.25, 0.3) is 0 Å². The van der Waals surface area contributed by atoms with Crippen LogP contribution in [0.1, 0.15) is 24.5 Å². The van der Waals surface area contributed by atoms with E-state index in [0.29, 0.717) is 0 Å². The molecule has 0 aromatic heterocycles. The summed E-state index contributed by atoms with van der Waals surface area (Å²) in [5, 5.41) is 8.66. The zero-order chi connectivity index (χ0) is 20.6. The zero-order valence-corrected chi connectivity index (χ0v) is 13.3. The van der Waals surface area contributed by atoms with Crippen molar-refractivity contribution < 1.29 is 44.3 Å². The van der Waals surface area contributed by atoms with Crippen molar-refractivity contribution in [1.29, 1.82) is 5.26 Å². The van der Waals surface area contributed by atoms with Gasteiger partial charge in [-0.3, -0.25) is 0 Å². The van der Waals surface area contributed by atoms with Gasteiger partial charge in [0, 0.05) is 7.11 Å². The molecule has 0 bridgehead atoms. The van der Waals surface area contributed by atoms with Crippen molar-refractivity contribution in [3.8, 4) is 6.07 Å². The van der Waals surface area contributed by atoms with E-state index in [1.165, 1.54) is 0 Å². The van der Waals surface area contributed by atoms with Crippen LogP contribution in [0, 0.1) is 11.3 Å². The van der Waals surface area contributed by atoms with Crippen LogP contribution < -0.4 is 0 Å². The molecular formula is C15H12F9NO. The number of benzene rings is 1. The van der Waals surface area contributed by atoms with Gasteiger partial charge >= 0.3 is 23.9 Å². The number of rotatable bonds is 6. The Morgan fingerprint density at radius 1 is 0.885 bits per heavy atom. The summed E-state index contributed by atoms with van der Waals surface area (Å²) >= 11 is 0. The van der Waals surface area contributed by atoms with E-state index in [4.69, 9.17) is 10.00 Å². The molecule has 0 N–H and O–H groups in total. The fraction of sp³-hybridized carbons (Fsp3) is 0.533. The number of nitrogens with zero attached hydrogens (tertiary/aromatic N) is 1. The fourth-order valence-corrected chi connectivity index (χ4v) is 2.13. The van der Waals surface area contributed by atoms with Gasteiger partial charge in [0.2, 0.25) is 0 Å². The zero-order valence-electron chi connectivity index (χ0n) is 13.3. The first-order valence-corrected chi connectivity index (χ1v) is 6.82. The maximum absolute atomic E-state index is 13.9. The highest BCUT2D eigenvalue weighted by molar-refractivity contribution is 5.34. The van der Waals surface area contributed by atoms with Crippen molar-refractivity contribution in [2.75, 3.05) is 7.11 Å². The molecule has 1 rings (SSSR count). The molecule has 2 nitrogen and oxygen atoms in total. The van der Waals surface area contributed by atoms with Crippen molar-refractivity contribution >= 4 is 0 Å². The molecule has 0 aliphatic heterocycles. The minimum atomic E-state index is -6.96. The highest BCUT2D eigenvalue weighted by atomic mass is 19.4. The van der Waals surface area contributed by atoms with Crippen molar-refractivity contribution in [1.82, 2.24) is 0 Å². The molecule has 0 saturated carbocycles. The SMILES string of the molecule is COC(C)(CC(F)(F)C(F)(F)C(F)(F)C(F)(F)F)c1ccc(C#N)cc1. The molecule has 26 heavy (non-hydrogen) atoms. The van der Waals surface area contributed by atoms with Gasteiger partial charge in [0.1, 0.15) is 0 Å². The second-order valence-corrected chi connectivity index (χ2v) is 5.65. The number of halogens is 9. The summed E-state index contributed by atoms with van der Waals surface area (Å²) in [5.41, 5.74) is -2.47. The topological polar surface area (TPSA) is 33.0 Å². The molecule has 0 radical (unpaired) electrons. The maximum atomic E-state index is 13.9. The first kappa shape index (κ1) is 22.1. The van der Waals surface area contributed by atoms with Crippen molar-refractivity contribution in [2.45, 2.75) is 42.9 Å². The lowest BCUT2D eigenvalue weighted by molar-refractivity contribution is -0.400. The van der Waals surface area contributed by atoms with Crippen LogP contribution in [0.2, 0.25) is 0 Å². The van der Waals surface area contributed by atoms with Crippen molar-refractivity contribution in [2.24, 2.45) is 0 Å². The minimum absolute atomic E-state index is 0.0768. The maximum Gasteiger partial charge on any atom is 0.460 e. The lowest BCUT2D eigenvalue weighted by Crippen LogP contribution is -2.62. The molecule has 11 heteroatoms. The van der Waals surface area contributed by atoms with Gasteiger partial charge in [-0.25, -0.2) is 0 Å². The van der Waals surface area contributed by atoms with E-state index in [-0.39, 0.29) is 11.1 Å². The van der Waals surface area contributed by atoms with E-state index < -0.39 is 36.0 Å². The molecule has 0 saturated heterocycles. The number of methoxy groups -OCH3 is 1. The molecule has 1 aromatic rings. The Kier molecular flexibility index (Phi) is 5.64. The summed E-state index contributed by atoms with van der Waals surface area (Å²) in [5.74, 6) is -19.4. The Balaban J connectivity index is 3.32. The second-order valence-electron chi connectivity index (χ2n) is 5.65. The van der Waals surface area contributed by atoms with Crippen molar-refractivity contribution in [3.63, 3.8) is 0 Å². The van der Waals surface area contributed by atoms with Gasteiger partial charge in [-0.2, -0.15) is 44.8 Å². The highest BCUT2D eigenvalue weighted by Gasteiger charge is 2.82. The van der Waals surface area contributed by atoms with E-state index in [0.717, 1.165) is 38.3 Å². The van der Waals surface area contributed by atoms with Gasteiger partial charge < -0.3 is 4.74 Å². The Bertz CT molecular complexity index is 676. The Morgan fingerprint density at radius 3 is 1.69 bits per heavy atom. The number of nitriles is 1. The van der Waals surface area contributed by atoms with E-state index in [1.807, 2.05) is 0 Å².